The van der Waals surface area contributed by atoms with Gasteiger partial charge < -0.3 is 9.64 Å². The number of ether oxygens (including phenoxy) is 1. The lowest BCUT2D eigenvalue weighted by atomic mass is 9.79. The van der Waals surface area contributed by atoms with E-state index in [-0.39, 0.29) is 29.4 Å². The van der Waals surface area contributed by atoms with Crippen LogP contribution in [0, 0.1) is 0 Å². The maximum atomic E-state index is 12.9. The van der Waals surface area contributed by atoms with E-state index in [9.17, 15) is 22.8 Å². The second-order valence-corrected chi connectivity index (χ2v) is 10.8. The van der Waals surface area contributed by atoms with Crippen LogP contribution in [0.1, 0.15) is 53.0 Å². The molecule has 9 nitrogen and oxygen atoms in total. The average Bonchev–Trinajstić information content (AvgIpc) is 2.87. The van der Waals surface area contributed by atoms with Crippen molar-refractivity contribution in [3.8, 4) is 0 Å². The molecule has 3 rings (SSSR count). The van der Waals surface area contributed by atoms with Gasteiger partial charge in [-0.3, -0.25) is 19.3 Å². The van der Waals surface area contributed by atoms with Crippen LogP contribution >= 0.6 is 0 Å². The molecule has 31 heavy (non-hydrogen) atoms. The molecule has 0 saturated carbocycles. The number of hydrogen-bond acceptors (Lipinski definition) is 7. The Hall–Kier alpha value is -2.75. The van der Waals surface area contributed by atoms with Gasteiger partial charge in [0.25, 0.3) is 15.9 Å². The number of likely N-dealkylation sites (tertiary alicyclic amines) is 1. The van der Waals surface area contributed by atoms with E-state index < -0.39 is 45.6 Å². The number of nitrogens with zero attached hydrogens (tertiary/aromatic N) is 2. The van der Waals surface area contributed by atoms with Gasteiger partial charge in [-0.25, -0.2) is 13.2 Å². The Balaban J connectivity index is 1.69. The predicted molar refractivity (Wildman–Crippen MR) is 113 cm³/mol. The Morgan fingerprint density at radius 2 is 1.74 bits per heavy atom. The molecular weight excluding hydrogens is 422 g/mol. The van der Waals surface area contributed by atoms with Gasteiger partial charge in [0.15, 0.2) is 6.61 Å². The number of Topliss-reactive ketones (excluding diaryl/α,β-unsaturated/α-hetero) is 1. The van der Waals surface area contributed by atoms with Gasteiger partial charge in [-0.2, -0.15) is 0 Å². The van der Waals surface area contributed by atoms with Gasteiger partial charge in [0.05, 0.1) is 4.90 Å². The third-order valence-corrected chi connectivity index (χ3v) is 6.78. The lowest BCUT2D eigenvalue weighted by Gasteiger charge is -2.52. The number of piperidine rings is 1. The summed E-state index contributed by atoms with van der Waals surface area (Å²) in [7, 11) is -3.72. The van der Waals surface area contributed by atoms with E-state index in [0.29, 0.717) is 5.56 Å². The molecule has 1 amide bonds. The van der Waals surface area contributed by atoms with Crippen molar-refractivity contribution in [3.05, 3.63) is 29.8 Å². The first-order valence-electron chi connectivity index (χ1n) is 9.96. The minimum atomic E-state index is -3.72. The molecule has 1 saturated heterocycles. The molecule has 1 aromatic rings. The second-order valence-electron chi connectivity index (χ2n) is 9.11. The molecule has 0 aliphatic carbocycles. The predicted octanol–water partition coefficient (Wildman–Crippen LogP) is 1.41. The van der Waals surface area contributed by atoms with Gasteiger partial charge in [0, 0.05) is 29.5 Å². The highest BCUT2D eigenvalue weighted by Gasteiger charge is 2.47. The van der Waals surface area contributed by atoms with Crippen molar-refractivity contribution in [1.82, 2.24) is 9.62 Å². The molecule has 1 fully saturated rings. The number of nitrogens with one attached hydrogen (secondary N) is 1. The molecule has 2 heterocycles. The van der Waals surface area contributed by atoms with Crippen LogP contribution < -0.4 is 4.72 Å². The van der Waals surface area contributed by atoms with Crippen molar-refractivity contribution >= 4 is 33.5 Å². The molecule has 2 aliphatic rings. The number of sulfonamides is 1. The molecular formula is C21H27N3O6S. The number of aliphatic imine (C=N–C) groups is 1. The fourth-order valence-electron chi connectivity index (χ4n) is 4.47. The normalized spacial score (nSPS) is 23.1. The molecule has 0 unspecified atom stereocenters. The number of benzene rings is 1. The molecule has 1 aromatic carbocycles. The summed E-state index contributed by atoms with van der Waals surface area (Å²) in [6.07, 6.45) is 0.472. The summed E-state index contributed by atoms with van der Waals surface area (Å²) < 4.78 is 31.8. The van der Waals surface area contributed by atoms with Crippen LogP contribution in [0.25, 0.3) is 0 Å². The van der Waals surface area contributed by atoms with E-state index in [2.05, 4.69) is 9.71 Å². The highest BCUT2D eigenvalue weighted by atomic mass is 32.2. The highest BCUT2D eigenvalue weighted by Crippen LogP contribution is 2.36. The van der Waals surface area contributed by atoms with Crippen LogP contribution in [0.5, 0.6) is 0 Å². The van der Waals surface area contributed by atoms with Gasteiger partial charge in [-0.1, -0.05) is 12.1 Å². The third-order valence-electron chi connectivity index (χ3n) is 5.38. The van der Waals surface area contributed by atoms with Gasteiger partial charge in [-0.05, 0) is 46.8 Å². The Kier molecular flexibility index (Phi) is 5.72. The minimum absolute atomic E-state index is 0.0585. The molecule has 168 valence electrons. The summed E-state index contributed by atoms with van der Waals surface area (Å²) in [5, 5.41) is 0. The molecule has 0 spiro atoms. The lowest BCUT2D eigenvalue weighted by molar-refractivity contribution is -0.164. The fraction of sp³-hybridized carbons (Fsp3) is 0.524. The van der Waals surface area contributed by atoms with Gasteiger partial charge >= 0.3 is 5.97 Å². The number of fused-ring (bicyclic) bond motifs is 1. The van der Waals surface area contributed by atoms with Crippen molar-refractivity contribution in [2.75, 3.05) is 6.61 Å². The van der Waals surface area contributed by atoms with Crippen molar-refractivity contribution in [3.63, 3.8) is 0 Å². The molecule has 1 N–H and O–H groups in total. The third kappa shape index (κ3) is 4.48. The van der Waals surface area contributed by atoms with E-state index in [1.54, 1.807) is 23.1 Å². The zero-order valence-electron chi connectivity index (χ0n) is 18.3. The summed E-state index contributed by atoms with van der Waals surface area (Å²) in [6.45, 7) is 8.21. The molecule has 0 radical (unpaired) electrons. The van der Waals surface area contributed by atoms with Crippen LogP contribution in [-0.4, -0.2) is 60.5 Å². The van der Waals surface area contributed by atoms with Gasteiger partial charge in [0.1, 0.15) is 17.7 Å². The maximum Gasteiger partial charge on any atom is 0.331 e. The SMILES string of the molecule is C[C@H](N=C1NS(=O)(=O)c2ccccc21)C(=O)OCC(=O)N1C(C)(C)CC(=O)CC1(C)C. The van der Waals surface area contributed by atoms with Crippen LogP contribution in [0.4, 0.5) is 0 Å². The second kappa shape index (κ2) is 7.74. The minimum Gasteiger partial charge on any atom is -0.454 e. The van der Waals surface area contributed by atoms with Crippen molar-refractivity contribution in [2.45, 2.75) is 69.5 Å². The summed E-state index contributed by atoms with van der Waals surface area (Å²) in [5.41, 5.74) is -1.01. The Morgan fingerprint density at radius 3 is 2.35 bits per heavy atom. The summed E-state index contributed by atoms with van der Waals surface area (Å²) in [6, 6.07) is 5.29. The summed E-state index contributed by atoms with van der Waals surface area (Å²) >= 11 is 0. The van der Waals surface area contributed by atoms with Gasteiger partial charge in [-0.15, -0.1) is 0 Å². The zero-order valence-corrected chi connectivity index (χ0v) is 19.1. The standard InChI is InChI=1S/C21H27N3O6S/c1-13(22-18-15-8-6-7-9-16(15)31(28,29)23-18)19(27)30-12-17(26)24-20(2,3)10-14(25)11-21(24,4)5/h6-9,13H,10-12H2,1-5H3,(H,22,23)/t13-/m0/s1. The van der Waals surface area contributed by atoms with E-state index in [1.807, 2.05) is 27.7 Å². The maximum absolute atomic E-state index is 12.9. The lowest BCUT2D eigenvalue weighted by Crippen LogP contribution is -2.63. The molecule has 0 aromatic heterocycles. The van der Waals surface area contributed by atoms with Crippen LogP contribution in [0.15, 0.2) is 34.2 Å². The number of hydrogen-bond donors (Lipinski definition) is 1. The monoisotopic (exact) mass is 449 g/mol. The smallest absolute Gasteiger partial charge is 0.331 e. The average molecular weight is 450 g/mol. The highest BCUT2D eigenvalue weighted by molar-refractivity contribution is 7.90. The van der Waals surface area contributed by atoms with Crippen LogP contribution in [-0.2, 0) is 29.1 Å². The Labute approximate surface area is 181 Å². The van der Waals surface area contributed by atoms with Crippen LogP contribution in [0.3, 0.4) is 0 Å². The number of amides is 1. The Bertz CT molecular complexity index is 1050. The van der Waals surface area contributed by atoms with Crippen LogP contribution in [0.2, 0.25) is 0 Å². The van der Waals surface area contributed by atoms with Crippen molar-refractivity contribution in [1.29, 1.82) is 0 Å². The largest absolute Gasteiger partial charge is 0.454 e. The molecule has 2 aliphatic heterocycles. The molecule has 10 heteroatoms. The Morgan fingerprint density at radius 1 is 1.16 bits per heavy atom. The molecule has 0 bridgehead atoms. The number of ketones is 1. The van der Waals surface area contributed by atoms with Gasteiger partial charge in [0.2, 0.25) is 0 Å². The van der Waals surface area contributed by atoms with E-state index in [4.69, 9.17) is 4.74 Å². The van der Waals surface area contributed by atoms with E-state index in [0.717, 1.165) is 0 Å². The molecule has 1 atom stereocenters. The fourth-order valence-corrected chi connectivity index (χ4v) is 5.71. The summed E-state index contributed by atoms with van der Waals surface area (Å²) in [5.74, 6) is -1.02. The topological polar surface area (TPSA) is 122 Å². The number of rotatable bonds is 4. The summed E-state index contributed by atoms with van der Waals surface area (Å²) in [4.78, 5) is 43.2. The number of carbonyl (C=O) groups is 3. The van der Waals surface area contributed by atoms with Crippen molar-refractivity contribution in [2.24, 2.45) is 4.99 Å². The van der Waals surface area contributed by atoms with E-state index in [1.165, 1.54) is 13.0 Å². The number of carbonyl (C=O) groups excluding carboxylic acids is 3. The van der Waals surface area contributed by atoms with E-state index >= 15 is 0 Å². The first-order chi connectivity index (χ1) is 14.2. The number of amidine groups is 1. The quantitative estimate of drug-likeness (QED) is 0.694. The first-order valence-corrected chi connectivity index (χ1v) is 11.4. The first kappa shape index (κ1) is 22.9. The zero-order chi connectivity index (χ0) is 23.2. The van der Waals surface area contributed by atoms with Crippen molar-refractivity contribution < 1.29 is 27.5 Å². The number of esters is 1.